The van der Waals surface area contributed by atoms with Crippen LogP contribution in [0, 0.1) is 0 Å². The number of hydrogen-bond acceptors (Lipinski definition) is 8. The number of methoxy groups -OCH3 is 1. The van der Waals surface area contributed by atoms with Gasteiger partial charge < -0.3 is 30.5 Å². The monoisotopic (exact) mass is 535 g/mol. The van der Waals surface area contributed by atoms with Crippen molar-refractivity contribution in [3.05, 3.63) is 30.1 Å². The Hall–Kier alpha value is -3.89. The molecule has 1 saturated carbocycles. The van der Waals surface area contributed by atoms with Gasteiger partial charge in [-0.2, -0.15) is 0 Å². The molecule has 2 aliphatic heterocycles. The fourth-order valence-corrected chi connectivity index (χ4v) is 5.86. The highest BCUT2D eigenvalue weighted by Gasteiger charge is 2.40. The van der Waals surface area contributed by atoms with E-state index in [0.717, 1.165) is 43.5 Å². The molecule has 0 bridgehead atoms. The van der Waals surface area contributed by atoms with Crippen molar-refractivity contribution in [2.45, 2.75) is 76.4 Å². The summed E-state index contributed by atoms with van der Waals surface area (Å²) in [6, 6.07) is 3.11. The first-order valence-electron chi connectivity index (χ1n) is 13.9. The van der Waals surface area contributed by atoms with Crippen molar-refractivity contribution in [1.82, 2.24) is 20.6 Å². The second kappa shape index (κ2) is 11.5. The summed E-state index contributed by atoms with van der Waals surface area (Å²) in [5, 5.41) is 8.87. The number of nitrogens with one attached hydrogen (secondary N) is 3. The summed E-state index contributed by atoms with van der Waals surface area (Å²) < 4.78 is 5.54. The number of aromatic nitrogens is 2. The molecule has 39 heavy (non-hydrogen) atoms. The van der Waals surface area contributed by atoms with E-state index in [2.05, 4.69) is 37.7 Å². The lowest BCUT2D eigenvalue weighted by molar-refractivity contribution is -0.122. The summed E-state index contributed by atoms with van der Waals surface area (Å²) in [6.07, 6.45) is 10.7. The van der Waals surface area contributed by atoms with E-state index in [1.54, 1.807) is 24.2 Å². The molecular formula is C28H37N7O4. The van der Waals surface area contributed by atoms with Gasteiger partial charge in [0.1, 0.15) is 17.9 Å². The number of fused-ring (bicyclic) bond motifs is 1. The lowest BCUT2D eigenvalue weighted by atomic mass is 10.0. The predicted molar refractivity (Wildman–Crippen MR) is 149 cm³/mol. The smallest absolute Gasteiger partial charge is 0.253 e. The van der Waals surface area contributed by atoms with Crippen LogP contribution in [0.25, 0.3) is 0 Å². The summed E-state index contributed by atoms with van der Waals surface area (Å²) in [6.45, 7) is 2.68. The van der Waals surface area contributed by atoms with Gasteiger partial charge in [0.05, 0.1) is 30.2 Å². The van der Waals surface area contributed by atoms with Crippen LogP contribution < -0.4 is 30.5 Å². The van der Waals surface area contributed by atoms with Gasteiger partial charge in [-0.15, -0.1) is 0 Å². The van der Waals surface area contributed by atoms with Crippen molar-refractivity contribution < 1.29 is 19.1 Å². The molecule has 208 valence electrons. The zero-order valence-electron chi connectivity index (χ0n) is 22.8. The Kier molecular flexibility index (Phi) is 7.85. The number of carbonyl (C=O) groups is 3. The van der Waals surface area contributed by atoms with Crippen LogP contribution in [-0.2, 0) is 9.59 Å². The second-order valence-corrected chi connectivity index (χ2v) is 10.4. The molecule has 1 aliphatic carbocycles. The third-order valence-electron chi connectivity index (χ3n) is 7.98. The number of ether oxygens (including phenoxy) is 1. The number of anilines is 4. The van der Waals surface area contributed by atoms with Gasteiger partial charge in [0.15, 0.2) is 11.6 Å². The molecule has 2 aromatic rings. The van der Waals surface area contributed by atoms with Crippen LogP contribution >= 0.6 is 0 Å². The second-order valence-electron chi connectivity index (χ2n) is 10.4. The quantitative estimate of drug-likeness (QED) is 0.493. The topological polar surface area (TPSA) is 129 Å². The maximum absolute atomic E-state index is 13.2. The number of amides is 3. The van der Waals surface area contributed by atoms with Gasteiger partial charge in [-0.25, -0.2) is 9.97 Å². The Morgan fingerprint density at radius 2 is 1.85 bits per heavy atom. The normalized spacial score (nSPS) is 21.7. The van der Waals surface area contributed by atoms with E-state index in [0.29, 0.717) is 42.0 Å². The Balaban J connectivity index is 1.39. The van der Waals surface area contributed by atoms with Crippen LogP contribution in [0.15, 0.2) is 24.5 Å². The standard InChI is InChI=1S/C28H37N7O4/c1-4-20-28(38)34(2)22-16-30-24(14-21(22)35(20)18-9-5-6-10-18)33-25-23(39-3)13-17(15-31-25)26(36)32-19-11-7-8-12-29-27(19)37/h13-16,18-20H,4-12H2,1-3H3,(H,29,37)(H,32,36)(H,30,31,33)/t19-,20-/m1/s1. The molecule has 0 unspecified atom stereocenters. The van der Waals surface area contributed by atoms with Gasteiger partial charge in [-0.3, -0.25) is 14.4 Å². The van der Waals surface area contributed by atoms with Crippen molar-refractivity contribution in [2.75, 3.05) is 35.8 Å². The molecule has 2 atom stereocenters. The molecule has 11 nitrogen and oxygen atoms in total. The number of pyridine rings is 2. The summed E-state index contributed by atoms with van der Waals surface area (Å²) in [4.78, 5) is 51.3. The summed E-state index contributed by atoms with van der Waals surface area (Å²) in [7, 11) is 3.31. The molecule has 3 amide bonds. The average molecular weight is 536 g/mol. The Morgan fingerprint density at radius 1 is 1.08 bits per heavy atom. The van der Waals surface area contributed by atoms with E-state index in [-0.39, 0.29) is 23.8 Å². The highest BCUT2D eigenvalue weighted by molar-refractivity contribution is 6.05. The van der Waals surface area contributed by atoms with Crippen LogP contribution in [0.3, 0.4) is 0 Å². The van der Waals surface area contributed by atoms with E-state index < -0.39 is 6.04 Å². The summed E-state index contributed by atoms with van der Waals surface area (Å²) >= 11 is 0. The maximum Gasteiger partial charge on any atom is 0.253 e. The molecule has 2 aromatic heterocycles. The number of rotatable bonds is 7. The molecule has 1 saturated heterocycles. The van der Waals surface area contributed by atoms with Gasteiger partial charge in [0.25, 0.3) is 5.91 Å². The summed E-state index contributed by atoms with van der Waals surface area (Å²) in [5.74, 6) is 0.895. The highest BCUT2D eigenvalue weighted by Crippen LogP contribution is 2.42. The molecule has 4 heterocycles. The van der Waals surface area contributed by atoms with E-state index in [1.807, 2.05) is 6.07 Å². The summed E-state index contributed by atoms with van der Waals surface area (Å²) in [5.41, 5.74) is 2.06. The minimum absolute atomic E-state index is 0.0953. The Bertz CT molecular complexity index is 1250. The average Bonchev–Trinajstić information content (AvgIpc) is 3.40. The lowest BCUT2D eigenvalue weighted by Gasteiger charge is -2.44. The fourth-order valence-electron chi connectivity index (χ4n) is 5.86. The zero-order chi connectivity index (χ0) is 27.5. The first kappa shape index (κ1) is 26.7. The molecule has 0 aromatic carbocycles. The number of nitrogens with zero attached hydrogens (tertiary/aromatic N) is 4. The molecule has 0 spiro atoms. The van der Waals surface area contributed by atoms with E-state index >= 15 is 0 Å². The molecule has 5 rings (SSSR count). The van der Waals surface area contributed by atoms with Gasteiger partial charge in [0.2, 0.25) is 11.8 Å². The van der Waals surface area contributed by atoms with Crippen molar-refractivity contribution in [3.8, 4) is 5.75 Å². The van der Waals surface area contributed by atoms with E-state index in [9.17, 15) is 14.4 Å². The fraction of sp³-hybridized carbons (Fsp3) is 0.536. The highest BCUT2D eigenvalue weighted by atomic mass is 16.5. The van der Waals surface area contributed by atoms with Gasteiger partial charge in [0, 0.05) is 31.9 Å². The molecular weight excluding hydrogens is 498 g/mol. The lowest BCUT2D eigenvalue weighted by Crippen LogP contribution is -2.55. The van der Waals surface area contributed by atoms with Crippen LogP contribution in [0.5, 0.6) is 5.75 Å². The molecule has 3 aliphatic rings. The van der Waals surface area contributed by atoms with Crippen LogP contribution in [-0.4, -0.2) is 66.5 Å². The minimum atomic E-state index is -0.566. The molecule has 2 fully saturated rings. The van der Waals surface area contributed by atoms with Crippen molar-refractivity contribution in [2.24, 2.45) is 0 Å². The van der Waals surface area contributed by atoms with E-state index in [1.165, 1.54) is 26.1 Å². The number of hydrogen-bond donors (Lipinski definition) is 3. The first-order valence-corrected chi connectivity index (χ1v) is 13.9. The Labute approximate surface area is 228 Å². The third kappa shape index (κ3) is 5.35. The number of likely N-dealkylation sites (N-methyl/N-ethyl adjacent to an activating group) is 1. The van der Waals surface area contributed by atoms with E-state index in [4.69, 9.17) is 4.74 Å². The van der Waals surface area contributed by atoms with Crippen molar-refractivity contribution in [3.63, 3.8) is 0 Å². The predicted octanol–water partition coefficient (Wildman–Crippen LogP) is 3.13. The molecule has 3 N–H and O–H groups in total. The van der Waals surface area contributed by atoms with Gasteiger partial charge in [-0.1, -0.05) is 19.8 Å². The van der Waals surface area contributed by atoms with Gasteiger partial charge in [-0.05, 0) is 44.6 Å². The van der Waals surface area contributed by atoms with Crippen molar-refractivity contribution in [1.29, 1.82) is 0 Å². The largest absolute Gasteiger partial charge is 0.493 e. The zero-order valence-corrected chi connectivity index (χ0v) is 22.8. The molecule has 11 heteroatoms. The van der Waals surface area contributed by atoms with Crippen LogP contribution in [0.4, 0.5) is 23.0 Å². The SMILES string of the molecule is CC[C@@H]1C(=O)N(C)c2cnc(Nc3ncc(C(=O)N[C@@H]4CCCCNC4=O)cc3OC)cc2N1C1CCCC1. The maximum atomic E-state index is 13.2. The molecule has 0 radical (unpaired) electrons. The Morgan fingerprint density at radius 3 is 2.59 bits per heavy atom. The van der Waals surface area contributed by atoms with Gasteiger partial charge >= 0.3 is 0 Å². The van der Waals surface area contributed by atoms with Crippen LogP contribution in [0.1, 0.15) is 68.6 Å². The number of carbonyl (C=O) groups excluding carboxylic acids is 3. The third-order valence-corrected chi connectivity index (χ3v) is 7.98. The van der Waals surface area contributed by atoms with Crippen LogP contribution in [0.2, 0.25) is 0 Å². The van der Waals surface area contributed by atoms with Crippen molar-refractivity contribution >= 4 is 40.7 Å². The minimum Gasteiger partial charge on any atom is -0.493 e. The first-order chi connectivity index (χ1) is 18.9.